The molecule has 7 heteroatoms. The molecule has 6 nitrogen and oxygen atoms in total. The van der Waals surface area contributed by atoms with E-state index in [0.717, 1.165) is 5.56 Å². The molecule has 4 rings (SSSR count). The molecular weight excluding hydrogens is 349 g/mol. The Bertz CT molecular complexity index is 1020. The minimum Gasteiger partial charge on any atom is -0.454 e. The molecule has 1 N–H and O–H groups in total. The number of para-hydroxylation sites is 1. The van der Waals surface area contributed by atoms with Crippen LogP contribution in [0.25, 0.3) is 5.69 Å². The number of fused-ring (bicyclic) bond motifs is 1. The van der Waals surface area contributed by atoms with Crippen molar-refractivity contribution in [2.75, 3.05) is 6.79 Å². The number of aromatic nitrogens is 2. The largest absolute Gasteiger partial charge is 0.454 e. The zero-order valence-corrected chi connectivity index (χ0v) is 14.9. The third-order valence-electron chi connectivity index (χ3n) is 4.58. The van der Waals surface area contributed by atoms with Gasteiger partial charge in [0.05, 0.1) is 23.5 Å². The molecule has 3 aromatic rings. The summed E-state index contributed by atoms with van der Waals surface area (Å²) in [7, 11) is 0. The van der Waals surface area contributed by atoms with E-state index in [2.05, 4.69) is 10.4 Å². The monoisotopic (exact) mass is 367 g/mol. The topological polar surface area (TPSA) is 65.4 Å². The van der Waals surface area contributed by atoms with Gasteiger partial charge in [0, 0.05) is 0 Å². The van der Waals surface area contributed by atoms with Crippen LogP contribution in [0.3, 0.4) is 0 Å². The van der Waals surface area contributed by atoms with Crippen LogP contribution in [0.5, 0.6) is 11.5 Å². The second kappa shape index (κ2) is 6.75. The molecule has 0 saturated heterocycles. The Morgan fingerprint density at radius 1 is 1.22 bits per heavy atom. The molecule has 0 aliphatic carbocycles. The lowest BCUT2D eigenvalue weighted by Gasteiger charge is -2.15. The highest BCUT2D eigenvalue weighted by atomic mass is 19.1. The molecule has 1 atom stereocenters. The van der Waals surface area contributed by atoms with Crippen molar-refractivity contribution in [1.29, 1.82) is 0 Å². The third-order valence-corrected chi connectivity index (χ3v) is 4.58. The summed E-state index contributed by atoms with van der Waals surface area (Å²) < 4.78 is 26.1. The lowest BCUT2D eigenvalue weighted by atomic mass is 10.1. The molecule has 1 aliphatic rings. The SMILES string of the molecule is Cc1c(C(=O)NC(C)c2ccc3c(c2)OCO3)cnn1-c1ccccc1F. The fourth-order valence-electron chi connectivity index (χ4n) is 3.04. The molecule has 0 saturated carbocycles. The Morgan fingerprint density at radius 2 is 2.00 bits per heavy atom. The molecule has 0 radical (unpaired) electrons. The molecule has 1 unspecified atom stereocenters. The van der Waals surface area contributed by atoms with Gasteiger partial charge < -0.3 is 14.8 Å². The number of halogens is 1. The summed E-state index contributed by atoms with van der Waals surface area (Å²) >= 11 is 0. The van der Waals surface area contributed by atoms with E-state index in [1.807, 2.05) is 25.1 Å². The number of hydrogen-bond acceptors (Lipinski definition) is 4. The Hall–Kier alpha value is -3.35. The number of nitrogens with one attached hydrogen (secondary N) is 1. The second-order valence-corrected chi connectivity index (χ2v) is 6.31. The molecule has 1 aromatic heterocycles. The van der Waals surface area contributed by atoms with E-state index < -0.39 is 5.82 Å². The van der Waals surface area contributed by atoms with Crippen LogP contribution in [0.4, 0.5) is 4.39 Å². The highest BCUT2D eigenvalue weighted by Crippen LogP contribution is 2.34. The molecule has 2 heterocycles. The molecular formula is C20H18FN3O3. The average molecular weight is 367 g/mol. The smallest absolute Gasteiger partial charge is 0.255 e. The van der Waals surface area contributed by atoms with Gasteiger partial charge >= 0.3 is 0 Å². The third kappa shape index (κ3) is 3.12. The summed E-state index contributed by atoms with van der Waals surface area (Å²) in [6, 6.07) is 11.6. The standard InChI is InChI=1S/C20H18FN3O3/c1-12(14-7-8-18-19(9-14)27-11-26-18)23-20(25)15-10-22-24(13(15)2)17-6-4-3-5-16(17)21/h3-10,12H,11H2,1-2H3,(H,23,25). The number of ether oxygens (including phenoxy) is 2. The van der Waals surface area contributed by atoms with Gasteiger partial charge in [-0.05, 0) is 43.7 Å². The molecule has 2 aromatic carbocycles. The van der Waals surface area contributed by atoms with E-state index in [9.17, 15) is 9.18 Å². The second-order valence-electron chi connectivity index (χ2n) is 6.31. The van der Waals surface area contributed by atoms with Crippen molar-refractivity contribution in [3.63, 3.8) is 0 Å². The maximum atomic E-state index is 14.0. The highest BCUT2D eigenvalue weighted by Gasteiger charge is 2.20. The lowest BCUT2D eigenvalue weighted by molar-refractivity contribution is 0.0939. The summed E-state index contributed by atoms with van der Waals surface area (Å²) in [4.78, 5) is 12.7. The average Bonchev–Trinajstić information content (AvgIpc) is 3.28. The van der Waals surface area contributed by atoms with Crippen LogP contribution in [-0.2, 0) is 0 Å². The van der Waals surface area contributed by atoms with Gasteiger partial charge in [-0.1, -0.05) is 18.2 Å². The molecule has 0 bridgehead atoms. The van der Waals surface area contributed by atoms with E-state index >= 15 is 0 Å². The molecule has 1 aliphatic heterocycles. The van der Waals surface area contributed by atoms with Crippen molar-refractivity contribution < 1.29 is 18.7 Å². The number of hydrogen-bond donors (Lipinski definition) is 1. The fourth-order valence-corrected chi connectivity index (χ4v) is 3.04. The Balaban J connectivity index is 1.54. The number of carbonyl (C=O) groups excluding carboxylic acids is 1. The van der Waals surface area contributed by atoms with E-state index in [-0.39, 0.29) is 18.7 Å². The van der Waals surface area contributed by atoms with E-state index in [4.69, 9.17) is 9.47 Å². The first-order valence-electron chi connectivity index (χ1n) is 8.54. The van der Waals surface area contributed by atoms with E-state index in [1.165, 1.54) is 16.9 Å². The molecule has 0 fully saturated rings. The fraction of sp³-hybridized carbons (Fsp3) is 0.200. The van der Waals surface area contributed by atoms with E-state index in [1.54, 1.807) is 25.1 Å². The minimum absolute atomic E-state index is 0.202. The number of benzene rings is 2. The van der Waals surface area contributed by atoms with E-state index in [0.29, 0.717) is 28.4 Å². The van der Waals surface area contributed by atoms with Gasteiger partial charge in [0.25, 0.3) is 5.91 Å². The maximum absolute atomic E-state index is 14.0. The number of nitrogens with zero attached hydrogens (tertiary/aromatic N) is 2. The van der Waals surface area contributed by atoms with Crippen molar-refractivity contribution in [2.24, 2.45) is 0 Å². The first kappa shape index (κ1) is 17.1. The molecule has 1 amide bonds. The van der Waals surface area contributed by atoms with Crippen molar-refractivity contribution in [3.8, 4) is 17.2 Å². The minimum atomic E-state index is -0.399. The summed E-state index contributed by atoms with van der Waals surface area (Å²) in [5, 5.41) is 7.12. The predicted molar refractivity (Wildman–Crippen MR) is 96.7 cm³/mol. The zero-order valence-electron chi connectivity index (χ0n) is 14.9. The first-order chi connectivity index (χ1) is 13.0. The Labute approximate surface area is 155 Å². The summed E-state index contributed by atoms with van der Waals surface area (Å²) in [6.45, 7) is 3.82. The number of rotatable bonds is 4. The molecule has 0 spiro atoms. The molecule has 138 valence electrons. The summed E-state index contributed by atoms with van der Waals surface area (Å²) in [6.07, 6.45) is 1.45. The van der Waals surface area contributed by atoms with Crippen LogP contribution >= 0.6 is 0 Å². The van der Waals surface area contributed by atoms with Crippen molar-refractivity contribution in [1.82, 2.24) is 15.1 Å². The van der Waals surface area contributed by atoms with Crippen LogP contribution in [0.2, 0.25) is 0 Å². The van der Waals surface area contributed by atoms with Crippen molar-refractivity contribution >= 4 is 5.91 Å². The van der Waals surface area contributed by atoms with Crippen LogP contribution < -0.4 is 14.8 Å². The van der Waals surface area contributed by atoms with Gasteiger partial charge in [0.1, 0.15) is 11.5 Å². The first-order valence-corrected chi connectivity index (χ1v) is 8.54. The van der Waals surface area contributed by atoms with Crippen molar-refractivity contribution in [3.05, 3.63) is 71.3 Å². The highest BCUT2D eigenvalue weighted by molar-refractivity contribution is 5.95. The quantitative estimate of drug-likeness (QED) is 0.766. The summed E-state index contributed by atoms with van der Waals surface area (Å²) in [5.74, 6) is 0.682. The van der Waals surface area contributed by atoms with Gasteiger partial charge in [-0.25, -0.2) is 9.07 Å². The number of amides is 1. The Morgan fingerprint density at radius 3 is 2.81 bits per heavy atom. The van der Waals surface area contributed by atoms with Crippen LogP contribution in [0, 0.1) is 12.7 Å². The van der Waals surface area contributed by atoms with Gasteiger partial charge in [0.15, 0.2) is 11.5 Å². The number of carbonyl (C=O) groups is 1. The van der Waals surface area contributed by atoms with Crippen LogP contribution in [-0.4, -0.2) is 22.5 Å². The van der Waals surface area contributed by atoms with Crippen molar-refractivity contribution in [2.45, 2.75) is 19.9 Å². The van der Waals surface area contributed by atoms with Gasteiger partial charge in [0.2, 0.25) is 6.79 Å². The summed E-state index contributed by atoms with van der Waals surface area (Å²) in [5.41, 5.74) is 2.16. The van der Waals surface area contributed by atoms with Crippen LogP contribution in [0.1, 0.15) is 34.6 Å². The Kier molecular flexibility index (Phi) is 4.27. The predicted octanol–water partition coefficient (Wildman–Crippen LogP) is 3.54. The lowest BCUT2D eigenvalue weighted by Crippen LogP contribution is -2.27. The maximum Gasteiger partial charge on any atom is 0.255 e. The zero-order chi connectivity index (χ0) is 19.0. The molecule has 27 heavy (non-hydrogen) atoms. The van der Waals surface area contributed by atoms with Crippen LogP contribution in [0.15, 0.2) is 48.7 Å². The van der Waals surface area contributed by atoms with Gasteiger partial charge in [-0.2, -0.15) is 5.10 Å². The van der Waals surface area contributed by atoms with Gasteiger partial charge in [-0.15, -0.1) is 0 Å². The van der Waals surface area contributed by atoms with Gasteiger partial charge in [-0.3, -0.25) is 4.79 Å². The normalized spacial score (nSPS) is 13.4.